The van der Waals surface area contributed by atoms with E-state index in [4.69, 9.17) is 4.74 Å². The third-order valence-electron chi connectivity index (χ3n) is 5.77. The molecule has 11 heteroatoms. The summed E-state index contributed by atoms with van der Waals surface area (Å²) in [5, 5.41) is 32.7. The number of nitrogens with zero attached hydrogens (tertiary/aromatic N) is 3. The molecule has 180 valence electrons. The molecule has 1 aliphatic rings. The molecule has 3 aromatic rings. The summed E-state index contributed by atoms with van der Waals surface area (Å²) >= 11 is 0. The minimum absolute atomic E-state index is 0.00875. The van der Waals surface area contributed by atoms with Crippen molar-refractivity contribution >= 4 is 23.1 Å². The maximum absolute atomic E-state index is 13.2. The molecule has 2 aromatic carbocycles. The largest absolute Gasteiger partial charge is 0.507 e. The molecule has 0 amide bonds. The number of aliphatic hydroxyl groups is 1. The van der Waals surface area contributed by atoms with Crippen LogP contribution in [-0.4, -0.2) is 64.1 Å². The van der Waals surface area contributed by atoms with E-state index in [2.05, 4.69) is 20.4 Å². The number of likely N-dealkylation sites (tertiary alicyclic amines) is 1. The fraction of sp³-hybridized carbons (Fsp3) is 0.348. The Morgan fingerprint density at radius 2 is 1.97 bits per heavy atom. The number of aliphatic hydroxyl groups excluding tert-OH is 1. The van der Waals surface area contributed by atoms with Gasteiger partial charge in [-0.05, 0) is 31.5 Å². The van der Waals surface area contributed by atoms with Crippen LogP contribution in [0, 0.1) is 0 Å². The van der Waals surface area contributed by atoms with Gasteiger partial charge in [0, 0.05) is 29.9 Å². The Morgan fingerprint density at radius 3 is 2.68 bits per heavy atom. The van der Waals surface area contributed by atoms with Gasteiger partial charge in [0.15, 0.2) is 5.82 Å². The molecule has 3 N–H and O–H groups in total. The first-order chi connectivity index (χ1) is 16.3. The fourth-order valence-corrected chi connectivity index (χ4v) is 4.25. The van der Waals surface area contributed by atoms with Crippen molar-refractivity contribution < 1.29 is 32.9 Å². The zero-order valence-electron chi connectivity index (χ0n) is 18.0. The van der Waals surface area contributed by atoms with Crippen molar-refractivity contribution in [3.63, 3.8) is 0 Å². The number of nitrogens with one attached hydrogen (secondary N) is 1. The summed E-state index contributed by atoms with van der Waals surface area (Å²) in [7, 11) is 0. The molecule has 2 heterocycles. The van der Waals surface area contributed by atoms with Gasteiger partial charge in [-0.25, -0.2) is 0 Å². The monoisotopic (exact) mass is 476 g/mol. The van der Waals surface area contributed by atoms with Crippen molar-refractivity contribution in [2.24, 2.45) is 0 Å². The molecule has 0 aliphatic carbocycles. The Bertz CT molecular complexity index is 1190. The van der Waals surface area contributed by atoms with Crippen molar-refractivity contribution in [2.45, 2.75) is 25.1 Å². The lowest BCUT2D eigenvalue weighted by molar-refractivity contribution is -0.138. The number of rotatable bonds is 7. The number of fused-ring (bicyclic) bond motifs is 1. The number of hydrogen-bond acceptors (Lipinski definition) is 8. The van der Waals surface area contributed by atoms with Gasteiger partial charge in [-0.3, -0.25) is 9.69 Å². The topological polar surface area (TPSA) is 108 Å². The zero-order valence-corrected chi connectivity index (χ0v) is 18.0. The molecule has 1 fully saturated rings. The SMILES string of the molecule is O=COc1cc(C(F)(F)F)cc(O)c1-c1nnc(N[C@@H]2CCCN(CCO)C2)c2ccccc12. The van der Waals surface area contributed by atoms with Gasteiger partial charge in [-0.1, -0.05) is 24.3 Å². The van der Waals surface area contributed by atoms with Gasteiger partial charge in [0.2, 0.25) is 0 Å². The van der Waals surface area contributed by atoms with Gasteiger partial charge in [-0.2, -0.15) is 13.2 Å². The van der Waals surface area contributed by atoms with Crippen molar-refractivity contribution in [1.29, 1.82) is 0 Å². The summed E-state index contributed by atoms with van der Waals surface area (Å²) in [6.45, 7) is 2.26. The zero-order chi connectivity index (χ0) is 24.3. The number of alkyl halides is 3. The normalized spacial score (nSPS) is 17.0. The summed E-state index contributed by atoms with van der Waals surface area (Å²) in [6.07, 6.45) is -2.90. The summed E-state index contributed by atoms with van der Waals surface area (Å²) in [6, 6.07) is 8.27. The molecule has 34 heavy (non-hydrogen) atoms. The molecule has 0 bridgehead atoms. The Morgan fingerprint density at radius 1 is 1.21 bits per heavy atom. The maximum atomic E-state index is 13.2. The first-order valence-electron chi connectivity index (χ1n) is 10.7. The third-order valence-corrected chi connectivity index (χ3v) is 5.77. The van der Waals surface area contributed by atoms with Crippen LogP contribution < -0.4 is 10.1 Å². The van der Waals surface area contributed by atoms with E-state index in [9.17, 15) is 28.2 Å². The van der Waals surface area contributed by atoms with E-state index in [-0.39, 0.29) is 30.4 Å². The number of halogens is 3. The van der Waals surface area contributed by atoms with Crippen molar-refractivity contribution in [3.05, 3.63) is 42.0 Å². The standard InChI is InChI=1S/C23H23F3N4O4/c24-23(25,26)14-10-18(33)20(19(11-14)34-13-32)21-16-5-1-2-6-17(16)22(29-28-21)27-15-4-3-7-30(12-15)8-9-31/h1-2,5-6,10-11,13,15,31,33H,3-4,7-9,12H2,(H,27,29)/t15-/m1/s1. The number of β-amino-alcohol motifs (C(OH)–C–C–N with tert-alkyl or cyclic N) is 1. The summed E-state index contributed by atoms with van der Waals surface area (Å²) in [4.78, 5) is 13.1. The van der Waals surface area contributed by atoms with E-state index in [1.807, 2.05) is 0 Å². The Kier molecular flexibility index (Phi) is 6.85. The van der Waals surface area contributed by atoms with Gasteiger partial charge < -0.3 is 20.3 Å². The molecule has 0 spiro atoms. The molecule has 1 saturated heterocycles. The Balaban J connectivity index is 1.77. The molecule has 0 unspecified atom stereocenters. The average Bonchev–Trinajstić information content (AvgIpc) is 2.80. The maximum Gasteiger partial charge on any atom is 0.416 e. The van der Waals surface area contributed by atoms with E-state index >= 15 is 0 Å². The van der Waals surface area contributed by atoms with E-state index in [0.717, 1.165) is 25.9 Å². The second-order valence-corrected chi connectivity index (χ2v) is 8.03. The molecule has 1 atom stereocenters. The molecule has 0 saturated carbocycles. The highest BCUT2D eigenvalue weighted by molar-refractivity contribution is 6.02. The third kappa shape index (κ3) is 4.90. The number of aromatic nitrogens is 2. The molecule has 0 radical (unpaired) electrons. The number of phenols is 1. The van der Waals surface area contributed by atoms with Gasteiger partial charge in [0.1, 0.15) is 17.2 Å². The quantitative estimate of drug-likeness (QED) is 0.446. The second-order valence-electron chi connectivity index (χ2n) is 8.03. The first kappa shape index (κ1) is 23.7. The molecule has 8 nitrogen and oxygen atoms in total. The number of hydrogen-bond donors (Lipinski definition) is 3. The van der Waals surface area contributed by atoms with Gasteiger partial charge in [0.05, 0.1) is 17.7 Å². The van der Waals surface area contributed by atoms with E-state index in [0.29, 0.717) is 35.3 Å². The van der Waals surface area contributed by atoms with Crippen LogP contribution in [0.3, 0.4) is 0 Å². The van der Waals surface area contributed by atoms with Crippen LogP contribution in [-0.2, 0) is 11.0 Å². The average molecular weight is 476 g/mol. The minimum Gasteiger partial charge on any atom is -0.507 e. The van der Waals surface area contributed by atoms with Crippen molar-refractivity contribution in [1.82, 2.24) is 15.1 Å². The second kappa shape index (κ2) is 9.82. The highest BCUT2D eigenvalue weighted by Crippen LogP contribution is 2.44. The van der Waals surface area contributed by atoms with Gasteiger partial charge in [-0.15, -0.1) is 10.2 Å². The van der Waals surface area contributed by atoms with E-state index < -0.39 is 23.2 Å². The Labute approximate surface area is 193 Å². The number of ether oxygens (including phenoxy) is 1. The lowest BCUT2D eigenvalue weighted by Gasteiger charge is -2.33. The number of aromatic hydroxyl groups is 1. The van der Waals surface area contributed by atoms with E-state index in [1.165, 1.54) is 0 Å². The number of anilines is 1. The predicted molar refractivity (Wildman–Crippen MR) is 119 cm³/mol. The number of carbonyl (C=O) groups is 1. The molecule has 1 aromatic heterocycles. The highest BCUT2D eigenvalue weighted by atomic mass is 19.4. The predicted octanol–water partition coefficient (Wildman–Crippen LogP) is 3.43. The summed E-state index contributed by atoms with van der Waals surface area (Å²) in [5.41, 5.74) is -1.25. The van der Waals surface area contributed by atoms with Crippen molar-refractivity contribution in [2.75, 3.05) is 31.6 Å². The smallest absolute Gasteiger partial charge is 0.416 e. The lowest BCUT2D eigenvalue weighted by Crippen LogP contribution is -2.43. The molecular formula is C23H23F3N4O4. The van der Waals surface area contributed by atoms with Crippen LogP contribution in [0.5, 0.6) is 11.5 Å². The fourth-order valence-electron chi connectivity index (χ4n) is 4.25. The summed E-state index contributed by atoms with van der Waals surface area (Å²) in [5.74, 6) is -0.729. The first-order valence-corrected chi connectivity index (χ1v) is 10.7. The number of phenolic OH excluding ortho intramolecular Hbond substituents is 1. The van der Waals surface area contributed by atoms with Crippen LogP contribution in [0.25, 0.3) is 22.0 Å². The van der Waals surface area contributed by atoms with Crippen LogP contribution in [0.2, 0.25) is 0 Å². The van der Waals surface area contributed by atoms with Gasteiger partial charge >= 0.3 is 6.18 Å². The molecule has 4 rings (SSSR count). The van der Waals surface area contributed by atoms with Crippen LogP contribution >= 0.6 is 0 Å². The highest BCUT2D eigenvalue weighted by Gasteiger charge is 2.33. The van der Waals surface area contributed by atoms with Gasteiger partial charge in [0.25, 0.3) is 6.47 Å². The minimum atomic E-state index is -4.75. The molecular weight excluding hydrogens is 453 g/mol. The van der Waals surface area contributed by atoms with E-state index in [1.54, 1.807) is 24.3 Å². The van der Waals surface area contributed by atoms with Crippen molar-refractivity contribution in [3.8, 4) is 22.8 Å². The Hall–Kier alpha value is -3.44. The summed E-state index contributed by atoms with van der Waals surface area (Å²) < 4.78 is 44.4. The van der Waals surface area contributed by atoms with Crippen LogP contribution in [0.15, 0.2) is 36.4 Å². The number of carbonyl (C=O) groups excluding carboxylic acids is 1. The number of piperidine rings is 1. The molecule has 1 aliphatic heterocycles. The van der Waals surface area contributed by atoms with Crippen LogP contribution in [0.1, 0.15) is 18.4 Å². The number of benzene rings is 2. The lowest BCUT2D eigenvalue weighted by atomic mass is 10.00. The van der Waals surface area contributed by atoms with Crippen LogP contribution in [0.4, 0.5) is 19.0 Å².